The summed E-state index contributed by atoms with van der Waals surface area (Å²) in [7, 11) is 0. The molecule has 0 aliphatic heterocycles. The number of rotatable bonds is 2. The summed E-state index contributed by atoms with van der Waals surface area (Å²) < 4.78 is 12.8. The Morgan fingerprint density at radius 1 is 1.57 bits per heavy atom. The summed E-state index contributed by atoms with van der Waals surface area (Å²) in [6.45, 7) is 0. The first-order chi connectivity index (χ1) is 6.59. The zero-order chi connectivity index (χ0) is 10.3. The molecule has 1 saturated carbocycles. The lowest BCUT2D eigenvalue weighted by atomic mass is 10.1. The molecule has 2 nitrogen and oxygen atoms in total. The summed E-state index contributed by atoms with van der Waals surface area (Å²) in [6.07, 6.45) is 0.622. The van der Waals surface area contributed by atoms with Crippen LogP contribution < -0.4 is 0 Å². The summed E-state index contributed by atoms with van der Waals surface area (Å²) in [5.41, 5.74) is 0.809. The van der Waals surface area contributed by atoms with E-state index < -0.39 is 11.8 Å². The summed E-state index contributed by atoms with van der Waals surface area (Å²) in [4.78, 5) is 10.6. The van der Waals surface area contributed by atoms with E-state index in [0.717, 1.165) is 5.56 Å². The fraction of sp³-hybridized carbons (Fsp3) is 0.300. The van der Waals surface area contributed by atoms with E-state index in [4.69, 9.17) is 16.7 Å². The largest absolute Gasteiger partial charge is 0.481 e. The van der Waals surface area contributed by atoms with Crippen LogP contribution in [-0.2, 0) is 4.79 Å². The number of hydrogen-bond donors (Lipinski definition) is 1. The van der Waals surface area contributed by atoms with Crippen LogP contribution in [0.2, 0.25) is 5.02 Å². The highest BCUT2D eigenvalue weighted by atomic mass is 35.5. The van der Waals surface area contributed by atoms with Crippen molar-refractivity contribution in [2.24, 2.45) is 5.92 Å². The molecule has 74 valence electrons. The molecule has 2 rings (SSSR count). The van der Waals surface area contributed by atoms with E-state index in [0.29, 0.717) is 6.42 Å². The molecule has 1 fully saturated rings. The maximum atomic E-state index is 12.8. The van der Waals surface area contributed by atoms with Crippen molar-refractivity contribution in [3.8, 4) is 0 Å². The molecule has 1 N–H and O–H groups in total. The Morgan fingerprint density at radius 3 is 2.79 bits per heavy atom. The first-order valence-corrected chi connectivity index (χ1v) is 4.65. The molecular formula is C10H8ClFO2. The fourth-order valence-corrected chi connectivity index (χ4v) is 1.77. The lowest BCUT2D eigenvalue weighted by molar-refractivity contribution is -0.138. The van der Waals surface area contributed by atoms with Crippen molar-refractivity contribution in [3.63, 3.8) is 0 Å². The zero-order valence-electron chi connectivity index (χ0n) is 7.21. The molecular weight excluding hydrogens is 207 g/mol. The Labute approximate surface area is 85.3 Å². The number of carboxylic acids is 1. The molecule has 4 heteroatoms. The van der Waals surface area contributed by atoms with E-state index in [2.05, 4.69) is 0 Å². The summed E-state index contributed by atoms with van der Waals surface area (Å²) >= 11 is 5.59. The van der Waals surface area contributed by atoms with Crippen molar-refractivity contribution in [3.05, 3.63) is 34.6 Å². The summed E-state index contributed by atoms with van der Waals surface area (Å²) in [5.74, 6) is -1.58. The normalized spacial score (nSPS) is 24.7. The molecule has 14 heavy (non-hydrogen) atoms. The van der Waals surface area contributed by atoms with Gasteiger partial charge in [-0.1, -0.05) is 17.7 Å². The second kappa shape index (κ2) is 3.24. The number of hydrogen-bond acceptors (Lipinski definition) is 1. The number of benzene rings is 1. The summed E-state index contributed by atoms with van der Waals surface area (Å²) in [6, 6.07) is 4.37. The molecule has 0 amide bonds. The second-order valence-corrected chi connectivity index (χ2v) is 3.87. The van der Waals surface area contributed by atoms with E-state index in [1.807, 2.05) is 0 Å². The molecule has 0 aromatic heterocycles. The lowest BCUT2D eigenvalue weighted by Gasteiger charge is -1.99. The van der Waals surface area contributed by atoms with E-state index in [1.165, 1.54) is 12.1 Å². The van der Waals surface area contributed by atoms with Gasteiger partial charge in [-0.2, -0.15) is 0 Å². The molecule has 0 unspecified atom stereocenters. The van der Waals surface area contributed by atoms with Crippen molar-refractivity contribution >= 4 is 17.6 Å². The van der Waals surface area contributed by atoms with E-state index in [9.17, 15) is 9.18 Å². The van der Waals surface area contributed by atoms with Gasteiger partial charge in [0.05, 0.1) is 10.9 Å². The van der Waals surface area contributed by atoms with Crippen LogP contribution in [-0.4, -0.2) is 11.1 Å². The van der Waals surface area contributed by atoms with Crippen molar-refractivity contribution in [1.29, 1.82) is 0 Å². The fourth-order valence-electron chi connectivity index (χ4n) is 1.58. The van der Waals surface area contributed by atoms with Gasteiger partial charge in [-0.3, -0.25) is 4.79 Å². The van der Waals surface area contributed by atoms with Gasteiger partial charge in [0.25, 0.3) is 0 Å². The van der Waals surface area contributed by atoms with Crippen LogP contribution in [0.15, 0.2) is 18.2 Å². The maximum absolute atomic E-state index is 12.8. The minimum absolute atomic E-state index is 0.00519. The predicted molar refractivity (Wildman–Crippen MR) is 49.9 cm³/mol. The Balaban J connectivity index is 2.20. The molecule has 0 saturated heterocycles. The third kappa shape index (κ3) is 1.60. The van der Waals surface area contributed by atoms with Crippen molar-refractivity contribution in [2.45, 2.75) is 12.3 Å². The van der Waals surface area contributed by atoms with Crippen molar-refractivity contribution < 1.29 is 14.3 Å². The highest BCUT2D eigenvalue weighted by molar-refractivity contribution is 6.30. The molecule has 0 spiro atoms. The molecule has 0 radical (unpaired) electrons. The SMILES string of the molecule is O=C(O)[C@H]1C[C@@H]1c1ccc(F)c(Cl)c1. The van der Waals surface area contributed by atoms with Crippen molar-refractivity contribution in [1.82, 2.24) is 0 Å². The average molecular weight is 215 g/mol. The third-order valence-corrected chi connectivity index (χ3v) is 2.77. The topological polar surface area (TPSA) is 37.3 Å². The Hall–Kier alpha value is -1.09. The molecule has 2 atom stereocenters. The molecule has 1 aromatic carbocycles. The van der Waals surface area contributed by atoms with Gasteiger partial charge in [0, 0.05) is 0 Å². The Bertz CT molecular complexity index is 392. The minimum Gasteiger partial charge on any atom is -0.481 e. The van der Waals surface area contributed by atoms with Crippen LogP contribution in [0, 0.1) is 11.7 Å². The average Bonchev–Trinajstić information content (AvgIpc) is 2.89. The number of halogens is 2. The quantitative estimate of drug-likeness (QED) is 0.822. The third-order valence-electron chi connectivity index (χ3n) is 2.48. The highest BCUT2D eigenvalue weighted by Crippen LogP contribution is 2.48. The predicted octanol–water partition coefficient (Wildman–Crippen LogP) is 2.67. The number of aliphatic carboxylic acids is 1. The second-order valence-electron chi connectivity index (χ2n) is 3.46. The summed E-state index contributed by atoms with van der Waals surface area (Å²) in [5, 5.41) is 8.76. The smallest absolute Gasteiger partial charge is 0.307 e. The van der Waals surface area contributed by atoms with Crippen LogP contribution in [0.5, 0.6) is 0 Å². The van der Waals surface area contributed by atoms with Gasteiger partial charge in [-0.25, -0.2) is 4.39 Å². The minimum atomic E-state index is -0.796. The molecule has 0 bridgehead atoms. The maximum Gasteiger partial charge on any atom is 0.307 e. The van der Waals surface area contributed by atoms with Crippen LogP contribution in [0.1, 0.15) is 17.9 Å². The van der Waals surface area contributed by atoms with Crippen LogP contribution in [0.3, 0.4) is 0 Å². The van der Waals surface area contributed by atoms with Crippen LogP contribution >= 0.6 is 11.6 Å². The first-order valence-electron chi connectivity index (χ1n) is 4.27. The number of carboxylic acid groups (broad SMARTS) is 1. The van der Waals surface area contributed by atoms with Crippen molar-refractivity contribution in [2.75, 3.05) is 0 Å². The van der Waals surface area contributed by atoms with Gasteiger partial charge in [0.1, 0.15) is 5.82 Å². The molecule has 0 heterocycles. The lowest BCUT2D eigenvalue weighted by Crippen LogP contribution is -1.98. The van der Waals surface area contributed by atoms with Gasteiger partial charge in [0.2, 0.25) is 0 Å². The zero-order valence-corrected chi connectivity index (χ0v) is 7.96. The van der Waals surface area contributed by atoms with E-state index >= 15 is 0 Å². The number of carbonyl (C=O) groups is 1. The van der Waals surface area contributed by atoms with E-state index in [1.54, 1.807) is 6.07 Å². The monoisotopic (exact) mass is 214 g/mol. The van der Waals surface area contributed by atoms with E-state index in [-0.39, 0.29) is 16.9 Å². The molecule has 1 aromatic rings. The van der Waals surface area contributed by atoms with Gasteiger partial charge >= 0.3 is 5.97 Å². The molecule has 1 aliphatic rings. The van der Waals surface area contributed by atoms with Gasteiger partial charge in [-0.05, 0) is 30.0 Å². The van der Waals surface area contributed by atoms with Crippen LogP contribution in [0.25, 0.3) is 0 Å². The molecule has 1 aliphatic carbocycles. The van der Waals surface area contributed by atoms with Gasteiger partial charge < -0.3 is 5.11 Å². The Morgan fingerprint density at radius 2 is 2.29 bits per heavy atom. The van der Waals surface area contributed by atoms with Gasteiger partial charge in [-0.15, -0.1) is 0 Å². The standard InChI is InChI=1S/C10H8ClFO2/c11-8-3-5(1-2-9(8)12)6-4-7(6)10(13)14/h1-3,6-7H,4H2,(H,13,14)/t6-,7+/m1/s1. The van der Waals surface area contributed by atoms with Gasteiger partial charge in [0.15, 0.2) is 0 Å². The highest BCUT2D eigenvalue weighted by Gasteiger charge is 2.44. The van der Waals surface area contributed by atoms with Crippen LogP contribution in [0.4, 0.5) is 4.39 Å². The first kappa shape index (κ1) is 9.46. The Kier molecular flexibility index (Phi) is 2.19.